The van der Waals surface area contributed by atoms with Crippen molar-refractivity contribution in [1.82, 2.24) is 24.9 Å². The van der Waals surface area contributed by atoms with Gasteiger partial charge in [-0.15, -0.1) is 22.7 Å². The fourth-order valence-corrected chi connectivity index (χ4v) is 4.33. The maximum Gasteiger partial charge on any atom is 0.254 e. The Bertz CT molecular complexity index is 1110. The van der Waals surface area contributed by atoms with Crippen LogP contribution in [-0.2, 0) is 6.54 Å². The van der Waals surface area contributed by atoms with Crippen LogP contribution < -0.4 is 5.32 Å². The second kappa shape index (κ2) is 6.62. The lowest BCUT2D eigenvalue weighted by atomic mass is 10.2. The molecular weight excluding hydrogens is 366 g/mol. The molecule has 0 spiro atoms. The van der Waals surface area contributed by atoms with Gasteiger partial charge in [0.05, 0.1) is 39.1 Å². The number of thiazole rings is 1. The lowest BCUT2D eigenvalue weighted by Crippen LogP contribution is -2.24. The number of carbonyl (C=O) groups excluding carboxylic acids is 1. The molecule has 0 saturated heterocycles. The Morgan fingerprint density at radius 1 is 1.27 bits per heavy atom. The van der Waals surface area contributed by atoms with E-state index in [1.165, 1.54) is 0 Å². The molecule has 0 aliphatic heterocycles. The molecule has 0 fully saturated rings. The molecule has 6 nitrogen and oxygen atoms in total. The second-order valence-corrected chi connectivity index (χ2v) is 8.24. The molecule has 4 aromatic heterocycles. The summed E-state index contributed by atoms with van der Waals surface area (Å²) >= 11 is 3.28. The van der Waals surface area contributed by atoms with Crippen molar-refractivity contribution in [2.75, 3.05) is 0 Å². The van der Waals surface area contributed by atoms with Crippen LogP contribution in [0.1, 0.15) is 31.6 Å². The Labute approximate surface area is 158 Å². The van der Waals surface area contributed by atoms with Crippen LogP contribution in [0.5, 0.6) is 0 Å². The van der Waals surface area contributed by atoms with Crippen molar-refractivity contribution >= 4 is 34.2 Å². The molecule has 1 N–H and O–H groups in total. The number of hydrogen-bond acceptors (Lipinski definition) is 6. The van der Waals surface area contributed by atoms with Gasteiger partial charge in [0, 0.05) is 22.5 Å². The van der Waals surface area contributed by atoms with Crippen LogP contribution in [0.25, 0.3) is 16.2 Å². The zero-order chi connectivity index (χ0) is 18.3. The summed E-state index contributed by atoms with van der Waals surface area (Å²) in [4.78, 5) is 23.6. The summed E-state index contributed by atoms with van der Waals surface area (Å²) in [5.74, 6) is -0.149. The van der Waals surface area contributed by atoms with Crippen molar-refractivity contribution in [1.29, 1.82) is 0 Å². The summed E-state index contributed by atoms with van der Waals surface area (Å²) in [6.45, 7) is 6.26. The highest BCUT2D eigenvalue weighted by Gasteiger charge is 2.14. The Balaban J connectivity index is 1.49. The van der Waals surface area contributed by atoms with Gasteiger partial charge in [-0.2, -0.15) is 5.10 Å². The van der Waals surface area contributed by atoms with Crippen LogP contribution in [0.3, 0.4) is 0 Å². The number of hydrogen-bond donors (Lipinski definition) is 1. The maximum absolute atomic E-state index is 12.6. The minimum absolute atomic E-state index is 0.149. The quantitative estimate of drug-likeness (QED) is 0.582. The molecule has 4 heterocycles. The van der Waals surface area contributed by atoms with Gasteiger partial charge in [0.25, 0.3) is 5.91 Å². The number of aromatic nitrogens is 4. The van der Waals surface area contributed by atoms with Gasteiger partial charge in [-0.25, -0.2) is 14.5 Å². The van der Waals surface area contributed by atoms with E-state index in [0.717, 1.165) is 37.5 Å². The molecule has 132 valence electrons. The molecule has 0 bridgehead atoms. The van der Waals surface area contributed by atoms with Crippen molar-refractivity contribution in [2.24, 2.45) is 0 Å². The zero-order valence-electron chi connectivity index (χ0n) is 14.6. The van der Waals surface area contributed by atoms with Gasteiger partial charge in [0.2, 0.25) is 0 Å². The highest BCUT2D eigenvalue weighted by atomic mass is 32.1. The predicted molar refractivity (Wildman–Crippen MR) is 104 cm³/mol. The molecule has 8 heteroatoms. The van der Waals surface area contributed by atoms with Gasteiger partial charge in [0.1, 0.15) is 0 Å². The molecule has 4 aromatic rings. The third-order valence-electron chi connectivity index (χ3n) is 4.05. The number of nitrogens with zero attached hydrogens (tertiary/aromatic N) is 4. The van der Waals surface area contributed by atoms with Crippen molar-refractivity contribution < 1.29 is 4.79 Å². The third-order valence-corrected chi connectivity index (χ3v) is 5.93. The summed E-state index contributed by atoms with van der Waals surface area (Å²) in [6.07, 6.45) is 1.61. The lowest BCUT2D eigenvalue weighted by molar-refractivity contribution is 0.0949. The van der Waals surface area contributed by atoms with Crippen molar-refractivity contribution in [3.05, 3.63) is 56.6 Å². The molecule has 0 aromatic carbocycles. The van der Waals surface area contributed by atoms with Crippen molar-refractivity contribution in [3.8, 4) is 10.6 Å². The monoisotopic (exact) mass is 383 g/mol. The van der Waals surface area contributed by atoms with Crippen LogP contribution in [0.2, 0.25) is 0 Å². The average molecular weight is 384 g/mol. The minimum atomic E-state index is -0.149. The van der Waals surface area contributed by atoms with E-state index >= 15 is 0 Å². The third kappa shape index (κ3) is 3.13. The number of rotatable bonds is 4. The molecule has 0 radical (unpaired) electrons. The smallest absolute Gasteiger partial charge is 0.254 e. The molecule has 0 unspecified atom stereocenters. The largest absolute Gasteiger partial charge is 0.347 e. The van der Waals surface area contributed by atoms with E-state index in [1.54, 1.807) is 33.4 Å². The summed E-state index contributed by atoms with van der Waals surface area (Å²) < 4.78 is 1.71. The van der Waals surface area contributed by atoms with E-state index in [9.17, 15) is 4.79 Å². The molecule has 0 aliphatic rings. The van der Waals surface area contributed by atoms with E-state index < -0.39 is 0 Å². The Morgan fingerprint density at radius 2 is 2.12 bits per heavy atom. The Hall–Kier alpha value is -2.58. The molecule has 26 heavy (non-hydrogen) atoms. The first-order chi connectivity index (χ1) is 12.5. The van der Waals surface area contributed by atoms with Crippen LogP contribution in [-0.4, -0.2) is 25.5 Å². The number of fused-ring (bicyclic) bond motifs is 1. The fourth-order valence-electron chi connectivity index (χ4n) is 2.74. The normalized spacial score (nSPS) is 11.2. The molecule has 4 rings (SSSR count). The first-order valence-electron chi connectivity index (χ1n) is 8.12. The molecule has 0 atom stereocenters. The maximum atomic E-state index is 12.6. The molecule has 1 amide bonds. The highest BCUT2D eigenvalue weighted by molar-refractivity contribution is 7.16. The fraction of sp³-hybridized carbons (Fsp3) is 0.222. The van der Waals surface area contributed by atoms with E-state index in [4.69, 9.17) is 0 Å². The first-order valence-corrected chi connectivity index (χ1v) is 9.82. The molecule has 0 saturated carbocycles. The van der Waals surface area contributed by atoms with Gasteiger partial charge < -0.3 is 5.32 Å². The van der Waals surface area contributed by atoms with Crippen LogP contribution in [0, 0.1) is 20.8 Å². The van der Waals surface area contributed by atoms with E-state index in [1.807, 2.05) is 39.0 Å². The van der Waals surface area contributed by atoms with Gasteiger partial charge >= 0.3 is 0 Å². The highest BCUT2D eigenvalue weighted by Crippen LogP contribution is 2.29. The Kier molecular flexibility index (Phi) is 4.29. The number of thiophene rings is 1. The van der Waals surface area contributed by atoms with Gasteiger partial charge in [0.15, 0.2) is 5.65 Å². The molecule has 0 aliphatic carbocycles. The topological polar surface area (TPSA) is 72.2 Å². The summed E-state index contributed by atoms with van der Waals surface area (Å²) in [6, 6.07) is 5.97. The van der Waals surface area contributed by atoms with Crippen LogP contribution in [0.4, 0.5) is 0 Å². The van der Waals surface area contributed by atoms with Crippen LogP contribution in [0.15, 0.2) is 29.8 Å². The number of nitrogens with one attached hydrogen (secondary N) is 1. The average Bonchev–Trinajstić information content (AvgIpc) is 3.32. The van der Waals surface area contributed by atoms with E-state index in [0.29, 0.717) is 12.1 Å². The minimum Gasteiger partial charge on any atom is -0.347 e. The van der Waals surface area contributed by atoms with E-state index in [2.05, 4.69) is 25.8 Å². The Morgan fingerprint density at radius 3 is 2.88 bits per heavy atom. The summed E-state index contributed by atoms with van der Waals surface area (Å²) in [5, 5.41) is 10.5. The van der Waals surface area contributed by atoms with Crippen LogP contribution >= 0.6 is 22.7 Å². The lowest BCUT2D eigenvalue weighted by Gasteiger charge is -2.07. The number of carbonyl (C=O) groups is 1. The summed E-state index contributed by atoms with van der Waals surface area (Å²) in [7, 11) is 0. The van der Waals surface area contributed by atoms with Gasteiger partial charge in [-0.1, -0.05) is 0 Å². The predicted octanol–water partition coefficient (Wildman–Crippen LogP) is 3.77. The second-order valence-electron chi connectivity index (χ2n) is 6.01. The molecular formula is C18H17N5OS2. The van der Waals surface area contributed by atoms with Crippen molar-refractivity contribution in [2.45, 2.75) is 27.3 Å². The number of aryl methyl sites for hydroxylation is 3. The van der Waals surface area contributed by atoms with E-state index in [-0.39, 0.29) is 5.91 Å². The SMILES string of the molecule is Cc1cc2ncc(C(=O)NCc3ccc(-c4csc(C)n4)s3)c(C)n2n1. The zero-order valence-corrected chi connectivity index (χ0v) is 16.2. The standard InChI is InChI=1S/C18H17N5OS2/c1-10-6-17-19-8-14(11(2)23(17)22-10)18(24)20-7-13-4-5-16(26-13)15-9-25-12(3)21-15/h4-6,8-9H,7H2,1-3H3,(H,20,24). The van der Waals surface area contributed by atoms with Gasteiger partial charge in [-0.05, 0) is 32.9 Å². The van der Waals surface area contributed by atoms with Gasteiger partial charge in [-0.3, -0.25) is 4.79 Å². The first kappa shape index (κ1) is 16.9. The number of amides is 1. The summed E-state index contributed by atoms with van der Waals surface area (Å²) in [5.41, 5.74) is 3.94. The van der Waals surface area contributed by atoms with Crippen molar-refractivity contribution in [3.63, 3.8) is 0 Å².